The van der Waals surface area contributed by atoms with E-state index < -0.39 is 0 Å². The predicted molar refractivity (Wildman–Crippen MR) is 94.7 cm³/mol. The molecule has 0 fully saturated rings. The largest absolute Gasteiger partial charge is 0.489 e. The number of nitrogens with zero attached hydrogens (tertiary/aromatic N) is 1. The highest BCUT2D eigenvalue weighted by molar-refractivity contribution is 5.33. The number of nitriles is 1. The fourth-order valence-corrected chi connectivity index (χ4v) is 2.37. The van der Waals surface area contributed by atoms with Gasteiger partial charge in [-0.05, 0) is 54.8 Å². The van der Waals surface area contributed by atoms with Gasteiger partial charge in [-0.15, -0.1) is 0 Å². The standard InChI is InChI=1S/C20H24N2O2/c1-23-11-3-2-10-22-15-18-7-5-9-20(13-18)24-16-19-8-4-6-17(12-19)14-21/h4-9,12-13,22H,2-3,10-11,15-16H2,1H3. The van der Waals surface area contributed by atoms with Gasteiger partial charge < -0.3 is 14.8 Å². The Balaban J connectivity index is 1.78. The van der Waals surface area contributed by atoms with Crippen LogP contribution in [0.4, 0.5) is 0 Å². The highest BCUT2D eigenvalue weighted by Gasteiger charge is 2.00. The van der Waals surface area contributed by atoms with Crippen molar-refractivity contribution in [2.24, 2.45) is 0 Å². The molecule has 2 rings (SSSR count). The normalized spacial score (nSPS) is 10.3. The van der Waals surface area contributed by atoms with Crippen molar-refractivity contribution in [1.29, 1.82) is 5.26 Å². The molecule has 126 valence electrons. The molecule has 2 aromatic rings. The molecule has 0 radical (unpaired) electrons. The van der Waals surface area contributed by atoms with Gasteiger partial charge in [-0.2, -0.15) is 5.26 Å². The second-order valence-corrected chi connectivity index (χ2v) is 5.62. The number of methoxy groups -OCH3 is 1. The molecule has 0 amide bonds. The molecule has 0 aliphatic heterocycles. The Morgan fingerprint density at radius 3 is 2.71 bits per heavy atom. The van der Waals surface area contributed by atoms with Gasteiger partial charge in [-0.3, -0.25) is 0 Å². The first-order chi connectivity index (χ1) is 11.8. The van der Waals surface area contributed by atoms with Crippen molar-refractivity contribution in [1.82, 2.24) is 5.32 Å². The van der Waals surface area contributed by atoms with Crippen LogP contribution in [0.15, 0.2) is 48.5 Å². The van der Waals surface area contributed by atoms with Crippen molar-refractivity contribution in [3.8, 4) is 11.8 Å². The first-order valence-electron chi connectivity index (χ1n) is 8.22. The van der Waals surface area contributed by atoms with Crippen molar-refractivity contribution in [3.63, 3.8) is 0 Å². The Kier molecular flexibility index (Phi) is 7.82. The molecule has 2 aromatic carbocycles. The van der Waals surface area contributed by atoms with Gasteiger partial charge in [0.25, 0.3) is 0 Å². The van der Waals surface area contributed by atoms with Crippen LogP contribution in [0.25, 0.3) is 0 Å². The summed E-state index contributed by atoms with van der Waals surface area (Å²) in [5.41, 5.74) is 2.85. The lowest BCUT2D eigenvalue weighted by atomic mass is 10.1. The van der Waals surface area contributed by atoms with E-state index in [-0.39, 0.29) is 0 Å². The summed E-state index contributed by atoms with van der Waals surface area (Å²) in [5, 5.41) is 12.4. The molecule has 0 heterocycles. The number of rotatable bonds is 10. The Bertz CT molecular complexity index is 665. The highest BCUT2D eigenvalue weighted by atomic mass is 16.5. The summed E-state index contributed by atoms with van der Waals surface area (Å²) in [7, 11) is 1.73. The van der Waals surface area contributed by atoms with Gasteiger partial charge in [-0.1, -0.05) is 24.3 Å². The van der Waals surface area contributed by atoms with Crippen LogP contribution in [0.3, 0.4) is 0 Å². The van der Waals surface area contributed by atoms with E-state index in [4.69, 9.17) is 14.7 Å². The summed E-state index contributed by atoms with van der Waals surface area (Å²) >= 11 is 0. The monoisotopic (exact) mass is 324 g/mol. The molecule has 1 N–H and O–H groups in total. The lowest BCUT2D eigenvalue weighted by Crippen LogP contribution is -2.15. The summed E-state index contributed by atoms with van der Waals surface area (Å²) in [6.45, 7) is 3.09. The number of nitrogens with one attached hydrogen (secondary N) is 1. The van der Waals surface area contributed by atoms with E-state index in [9.17, 15) is 0 Å². The molecule has 0 saturated carbocycles. The van der Waals surface area contributed by atoms with E-state index in [1.807, 2.05) is 30.3 Å². The molecular formula is C20H24N2O2. The average molecular weight is 324 g/mol. The lowest BCUT2D eigenvalue weighted by Gasteiger charge is -2.09. The zero-order valence-electron chi connectivity index (χ0n) is 14.1. The maximum atomic E-state index is 8.93. The third-order valence-electron chi connectivity index (χ3n) is 3.64. The first kappa shape index (κ1) is 18.0. The molecule has 24 heavy (non-hydrogen) atoms. The number of hydrogen-bond donors (Lipinski definition) is 1. The quantitative estimate of drug-likeness (QED) is 0.678. The van der Waals surface area contributed by atoms with Crippen LogP contribution in [0, 0.1) is 11.3 Å². The minimum Gasteiger partial charge on any atom is -0.489 e. The number of unbranched alkanes of at least 4 members (excludes halogenated alkanes) is 1. The van der Waals surface area contributed by atoms with E-state index in [0.29, 0.717) is 12.2 Å². The fourth-order valence-electron chi connectivity index (χ4n) is 2.37. The molecule has 0 bridgehead atoms. The van der Waals surface area contributed by atoms with Crippen LogP contribution >= 0.6 is 0 Å². The molecule has 0 aliphatic carbocycles. The van der Waals surface area contributed by atoms with Crippen LogP contribution in [-0.4, -0.2) is 20.3 Å². The zero-order chi connectivity index (χ0) is 17.0. The van der Waals surface area contributed by atoms with E-state index in [1.54, 1.807) is 13.2 Å². The second-order valence-electron chi connectivity index (χ2n) is 5.62. The van der Waals surface area contributed by atoms with E-state index in [0.717, 1.165) is 43.9 Å². The molecule has 0 aromatic heterocycles. The minimum absolute atomic E-state index is 0.462. The van der Waals surface area contributed by atoms with Crippen LogP contribution in [0.5, 0.6) is 5.75 Å². The maximum Gasteiger partial charge on any atom is 0.120 e. The number of hydrogen-bond acceptors (Lipinski definition) is 4. The highest BCUT2D eigenvalue weighted by Crippen LogP contribution is 2.15. The van der Waals surface area contributed by atoms with Crippen molar-refractivity contribution >= 4 is 0 Å². The molecule has 0 unspecified atom stereocenters. The van der Waals surface area contributed by atoms with Crippen molar-refractivity contribution < 1.29 is 9.47 Å². The average Bonchev–Trinajstić information content (AvgIpc) is 2.63. The number of ether oxygens (including phenoxy) is 2. The summed E-state index contributed by atoms with van der Waals surface area (Å²) in [4.78, 5) is 0. The fraction of sp³-hybridized carbons (Fsp3) is 0.350. The van der Waals surface area contributed by atoms with Crippen LogP contribution in [0.2, 0.25) is 0 Å². The Morgan fingerprint density at radius 1 is 1.04 bits per heavy atom. The zero-order valence-corrected chi connectivity index (χ0v) is 14.1. The van der Waals surface area contributed by atoms with E-state index >= 15 is 0 Å². The first-order valence-corrected chi connectivity index (χ1v) is 8.22. The molecule has 4 nitrogen and oxygen atoms in total. The van der Waals surface area contributed by atoms with Gasteiger partial charge in [0.1, 0.15) is 12.4 Å². The van der Waals surface area contributed by atoms with E-state index in [2.05, 4.69) is 23.5 Å². The van der Waals surface area contributed by atoms with Crippen molar-refractivity contribution in [2.75, 3.05) is 20.3 Å². The topological polar surface area (TPSA) is 54.3 Å². The molecule has 0 atom stereocenters. The van der Waals surface area contributed by atoms with Gasteiger partial charge in [-0.25, -0.2) is 0 Å². The third kappa shape index (κ3) is 6.41. The minimum atomic E-state index is 0.462. The van der Waals surface area contributed by atoms with Gasteiger partial charge >= 0.3 is 0 Å². The van der Waals surface area contributed by atoms with Gasteiger partial charge in [0.15, 0.2) is 0 Å². The van der Waals surface area contributed by atoms with Crippen LogP contribution in [0.1, 0.15) is 29.5 Å². The summed E-state index contributed by atoms with van der Waals surface area (Å²) in [5.74, 6) is 0.844. The van der Waals surface area contributed by atoms with E-state index in [1.165, 1.54) is 5.56 Å². The second kappa shape index (κ2) is 10.4. The van der Waals surface area contributed by atoms with Crippen molar-refractivity contribution in [3.05, 3.63) is 65.2 Å². The Labute approximate surface area is 144 Å². The van der Waals surface area contributed by atoms with Gasteiger partial charge in [0, 0.05) is 20.3 Å². The number of benzene rings is 2. The predicted octanol–water partition coefficient (Wildman–Crippen LogP) is 3.65. The van der Waals surface area contributed by atoms with Crippen LogP contribution in [-0.2, 0) is 17.9 Å². The third-order valence-corrected chi connectivity index (χ3v) is 3.64. The van der Waals surface area contributed by atoms with Crippen LogP contribution < -0.4 is 10.1 Å². The molecule has 4 heteroatoms. The Morgan fingerprint density at radius 2 is 1.88 bits per heavy atom. The lowest BCUT2D eigenvalue weighted by molar-refractivity contribution is 0.192. The SMILES string of the molecule is COCCCCNCc1cccc(OCc2cccc(C#N)c2)c1. The summed E-state index contributed by atoms with van der Waals surface area (Å²) < 4.78 is 10.9. The van der Waals surface area contributed by atoms with Crippen molar-refractivity contribution in [2.45, 2.75) is 26.0 Å². The summed E-state index contributed by atoms with van der Waals surface area (Å²) in [6, 6.07) is 17.7. The van der Waals surface area contributed by atoms with Gasteiger partial charge in [0.05, 0.1) is 11.6 Å². The Hall–Kier alpha value is -2.35. The smallest absolute Gasteiger partial charge is 0.120 e. The maximum absolute atomic E-state index is 8.93. The molecule has 0 saturated heterocycles. The van der Waals surface area contributed by atoms with Gasteiger partial charge in [0.2, 0.25) is 0 Å². The molecule has 0 aliphatic rings. The molecule has 0 spiro atoms. The molecular weight excluding hydrogens is 300 g/mol. The summed E-state index contributed by atoms with van der Waals surface area (Å²) in [6.07, 6.45) is 2.19.